The molecule has 1 N–H and O–H groups in total. The summed E-state index contributed by atoms with van der Waals surface area (Å²) < 4.78 is 11.4. The highest BCUT2D eigenvalue weighted by molar-refractivity contribution is 7.84. The fraction of sp³-hybridized carbons (Fsp3) is 0.158. The van der Waals surface area contributed by atoms with Crippen LogP contribution in [0, 0.1) is 6.92 Å². The quantitative estimate of drug-likeness (QED) is 0.743. The molecule has 4 nitrogen and oxygen atoms in total. The normalized spacial score (nSPS) is 11.9. The summed E-state index contributed by atoms with van der Waals surface area (Å²) in [6.45, 7) is 2.44. The van der Waals surface area contributed by atoms with E-state index < -0.39 is 10.8 Å². The maximum Gasteiger partial charge on any atom is 0.251 e. The predicted molar refractivity (Wildman–Crippen MR) is 102 cm³/mol. The lowest BCUT2D eigenvalue weighted by atomic mass is 10.1. The monoisotopic (exact) mass is 370 g/mol. The van der Waals surface area contributed by atoms with Crippen molar-refractivity contribution >= 4 is 28.0 Å². The van der Waals surface area contributed by atoms with Gasteiger partial charge in [0.1, 0.15) is 0 Å². The fourth-order valence-electron chi connectivity index (χ4n) is 2.37. The van der Waals surface area contributed by atoms with Crippen LogP contribution < -0.4 is 5.32 Å². The topological polar surface area (TPSA) is 59.1 Å². The van der Waals surface area contributed by atoms with Gasteiger partial charge < -0.3 is 5.32 Å². The number of aromatic nitrogens is 1. The van der Waals surface area contributed by atoms with Crippen LogP contribution in [0.1, 0.15) is 20.9 Å². The van der Waals surface area contributed by atoms with Gasteiger partial charge in [-0.15, -0.1) is 11.3 Å². The van der Waals surface area contributed by atoms with E-state index in [0.29, 0.717) is 17.0 Å². The number of nitrogens with one attached hydrogen (secondary N) is 1. The highest BCUT2D eigenvalue weighted by atomic mass is 32.2. The second-order valence-electron chi connectivity index (χ2n) is 5.61. The van der Waals surface area contributed by atoms with Crippen molar-refractivity contribution in [2.45, 2.75) is 18.4 Å². The Morgan fingerprint density at radius 1 is 1.12 bits per heavy atom. The molecule has 1 aromatic heterocycles. The van der Waals surface area contributed by atoms with Gasteiger partial charge in [-0.1, -0.05) is 24.3 Å². The molecule has 1 amide bonds. The summed E-state index contributed by atoms with van der Waals surface area (Å²) in [4.78, 5) is 17.4. The van der Waals surface area contributed by atoms with E-state index >= 15 is 0 Å². The van der Waals surface area contributed by atoms with E-state index in [2.05, 4.69) is 10.3 Å². The molecule has 0 bridgehead atoms. The van der Waals surface area contributed by atoms with Crippen molar-refractivity contribution in [3.8, 4) is 11.3 Å². The number of rotatable bonds is 5. The molecule has 0 aliphatic rings. The van der Waals surface area contributed by atoms with Crippen molar-refractivity contribution in [1.29, 1.82) is 0 Å². The van der Waals surface area contributed by atoms with Crippen LogP contribution in [0.3, 0.4) is 0 Å². The third-order valence-corrected chi connectivity index (χ3v) is 5.48. The van der Waals surface area contributed by atoms with Crippen molar-refractivity contribution in [2.75, 3.05) is 6.26 Å². The zero-order valence-corrected chi connectivity index (χ0v) is 15.6. The summed E-state index contributed by atoms with van der Waals surface area (Å²) in [5.41, 5.74) is 3.63. The zero-order valence-electron chi connectivity index (χ0n) is 14.0. The summed E-state index contributed by atoms with van der Waals surface area (Å²) in [6.07, 6.45) is 1.62. The lowest BCUT2D eigenvalue weighted by molar-refractivity contribution is 0.0951. The number of carbonyl (C=O) groups is 1. The Labute approximate surface area is 153 Å². The first-order valence-corrected chi connectivity index (χ1v) is 10.2. The SMILES string of the molecule is Cc1nc(-c2ccc(CNC(=O)c3ccc(S(C)=O)cc3)cc2)cs1. The molecule has 6 heteroatoms. The maximum absolute atomic E-state index is 12.2. The highest BCUT2D eigenvalue weighted by Crippen LogP contribution is 2.21. The standard InChI is InChI=1S/C19H18N2O2S2/c1-13-21-18(12-24-13)15-5-3-14(4-6-15)11-20-19(22)16-7-9-17(10-8-16)25(2)23/h3-10,12H,11H2,1-2H3,(H,20,22). The van der Waals surface area contributed by atoms with Crippen molar-refractivity contribution in [1.82, 2.24) is 10.3 Å². The molecule has 1 atom stereocenters. The minimum absolute atomic E-state index is 0.146. The van der Waals surface area contributed by atoms with Gasteiger partial charge in [-0.3, -0.25) is 9.00 Å². The third kappa shape index (κ3) is 4.41. The van der Waals surface area contributed by atoms with Gasteiger partial charge in [0.2, 0.25) is 0 Å². The van der Waals surface area contributed by atoms with E-state index in [1.807, 2.05) is 36.6 Å². The zero-order chi connectivity index (χ0) is 17.8. The van der Waals surface area contributed by atoms with E-state index in [1.54, 1.807) is 41.9 Å². The van der Waals surface area contributed by atoms with Crippen molar-refractivity contribution < 1.29 is 9.00 Å². The fourth-order valence-corrected chi connectivity index (χ4v) is 3.51. The van der Waals surface area contributed by atoms with E-state index in [1.165, 1.54) is 0 Å². The molecule has 0 fully saturated rings. The first-order valence-electron chi connectivity index (χ1n) is 7.76. The number of thiazole rings is 1. The van der Waals surface area contributed by atoms with Gasteiger partial charge in [0.15, 0.2) is 0 Å². The second kappa shape index (κ2) is 7.72. The Bertz CT molecular complexity index is 900. The molecule has 0 saturated heterocycles. The molecule has 2 aromatic carbocycles. The van der Waals surface area contributed by atoms with E-state index in [-0.39, 0.29) is 5.91 Å². The Morgan fingerprint density at radius 2 is 1.80 bits per heavy atom. The van der Waals surface area contributed by atoms with Gasteiger partial charge in [-0.2, -0.15) is 0 Å². The summed E-state index contributed by atoms with van der Waals surface area (Å²) >= 11 is 1.63. The van der Waals surface area contributed by atoms with Gasteiger partial charge >= 0.3 is 0 Å². The molecule has 1 heterocycles. The molecule has 0 radical (unpaired) electrons. The summed E-state index contributed by atoms with van der Waals surface area (Å²) in [5.74, 6) is -0.146. The van der Waals surface area contributed by atoms with Gasteiger partial charge in [-0.25, -0.2) is 4.98 Å². The Hall–Kier alpha value is -2.31. The number of amides is 1. The average Bonchev–Trinajstić information content (AvgIpc) is 3.06. The number of hydrogen-bond donors (Lipinski definition) is 1. The number of nitrogens with zero attached hydrogens (tertiary/aromatic N) is 1. The molecule has 3 aromatic rings. The van der Waals surface area contributed by atoms with Gasteiger partial charge in [0.05, 0.1) is 10.7 Å². The first-order chi connectivity index (χ1) is 12.0. The first kappa shape index (κ1) is 17.5. The summed E-state index contributed by atoms with van der Waals surface area (Å²) in [6, 6.07) is 14.8. The lowest BCUT2D eigenvalue weighted by Gasteiger charge is -2.07. The Balaban J connectivity index is 1.61. The second-order valence-corrected chi connectivity index (χ2v) is 8.05. The van der Waals surface area contributed by atoms with Crippen LogP contribution in [0.5, 0.6) is 0 Å². The van der Waals surface area contributed by atoms with E-state index in [9.17, 15) is 9.00 Å². The van der Waals surface area contributed by atoms with Gasteiger partial charge in [0.25, 0.3) is 5.91 Å². The van der Waals surface area contributed by atoms with Crippen molar-refractivity contribution in [3.63, 3.8) is 0 Å². The number of aryl methyl sites for hydroxylation is 1. The van der Waals surface area contributed by atoms with Gasteiger partial charge in [0, 0.05) is 45.0 Å². The predicted octanol–water partition coefficient (Wildman–Crippen LogP) is 3.79. The largest absolute Gasteiger partial charge is 0.348 e. The summed E-state index contributed by atoms with van der Waals surface area (Å²) in [5, 5.41) is 5.99. The maximum atomic E-state index is 12.2. The third-order valence-electron chi connectivity index (χ3n) is 3.77. The van der Waals surface area contributed by atoms with Crippen LogP contribution in [-0.4, -0.2) is 21.4 Å². The van der Waals surface area contributed by atoms with Crippen LogP contribution in [0.15, 0.2) is 58.8 Å². The van der Waals surface area contributed by atoms with Crippen molar-refractivity contribution in [3.05, 3.63) is 70.0 Å². The Morgan fingerprint density at radius 3 is 2.36 bits per heavy atom. The van der Waals surface area contributed by atoms with Crippen LogP contribution >= 0.6 is 11.3 Å². The molecule has 1 unspecified atom stereocenters. The molecule has 0 saturated carbocycles. The number of carbonyl (C=O) groups excluding carboxylic acids is 1. The number of benzene rings is 2. The minimum Gasteiger partial charge on any atom is -0.348 e. The van der Waals surface area contributed by atoms with Crippen LogP contribution in [0.2, 0.25) is 0 Å². The van der Waals surface area contributed by atoms with E-state index in [4.69, 9.17) is 0 Å². The highest BCUT2D eigenvalue weighted by Gasteiger charge is 2.07. The molecule has 128 valence electrons. The minimum atomic E-state index is -1.04. The molecule has 0 aliphatic carbocycles. The molecular formula is C19H18N2O2S2. The van der Waals surface area contributed by atoms with Gasteiger partial charge in [-0.05, 0) is 36.8 Å². The van der Waals surface area contributed by atoms with Crippen LogP contribution in [-0.2, 0) is 17.3 Å². The smallest absolute Gasteiger partial charge is 0.251 e. The average molecular weight is 370 g/mol. The molecule has 25 heavy (non-hydrogen) atoms. The summed E-state index contributed by atoms with van der Waals surface area (Å²) in [7, 11) is -1.04. The van der Waals surface area contributed by atoms with Crippen molar-refractivity contribution in [2.24, 2.45) is 0 Å². The van der Waals surface area contributed by atoms with Crippen LogP contribution in [0.4, 0.5) is 0 Å². The Kier molecular flexibility index (Phi) is 5.40. The molecule has 0 spiro atoms. The molecular weight excluding hydrogens is 352 g/mol. The number of hydrogen-bond acceptors (Lipinski definition) is 4. The molecule has 0 aliphatic heterocycles. The lowest BCUT2D eigenvalue weighted by Crippen LogP contribution is -2.22. The molecule has 3 rings (SSSR count). The van der Waals surface area contributed by atoms with Crippen LogP contribution in [0.25, 0.3) is 11.3 Å². The van der Waals surface area contributed by atoms with E-state index in [0.717, 1.165) is 21.8 Å².